The molecule has 7 heterocycles. The highest BCUT2D eigenvalue weighted by Crippen LogP contribution is 2.42. The maximum Gasteiger partial charge on any atom is 0.324 e. The second-order valence-corrected chi connectivity index (χ2v) is 22.8. The average molecular weight is 1070 g/mol. The number of esters is 1. The molecule has 4 fully saturated rings. The molecule has 5 aliphatic rings. The number of cyclic esters (lactones) is 1. The van der Waals surface area contributed by atoms with Crippen LogP contribution in [-0.2, 0) is 55.8 Å². The molecule has 4 saturated heterocycles. The van der Waals surface area contributed by atoms with E-state index in [0.29, 0.717) is 97.7 Å². The summed E-state index contributed by atoms with van der Waals surface area (Å²) in [5, 5.41) is 5.64. The minimum atomic E-state index is -1.07. The number of aryl methyl sites for hydroxylation is 1. The molecule has 5 aliphatic heterocycles. The summed E-state index contributed by atoms with van der Waals surface area (Å²) in [5.74, 6) is -1.76. The molecule has 5 amide bonds. The number of aromatic nitrogens is 2. The Morgan fingerprint density at radius 3 is 2.55 bits per heavy atom. The van der Waals surface area contributed by atoms with E-state index in [2.05, 4.69) is 70.1 Å². The lowest BCUT2D eigenvalue weighted by molar-refractivity contribution is -0.156. The van der Waals surface area contributed by atoms with Crippen molar-refractivity contribution in [3.8, 4) is 11.3 Å². The molecule has 0 radical (unpaired) electrons. The first-order valence-electron chi connectivity index (χ1n) is 27.7. The van der Waals surface area contributed by atoms with Gasteiger partial charge in [-0.2, -0.15) is 0 Å². The summed E-state index contributed by atoms with van der Waals surface area (Å²) in [7, 11) is 6.96. The van der Waals surface area contributed by atoms with Gasteiger partial charge in [-0.25, -0.2) is 10.2 Å². The van der Waals surface area contributed by atoms with E-state index >= 15 is 0 Å². The Balaban J connectivity index is 1.02. The van der Waals surface area contributed by atoms with E-state index in [0.717, 1.165) is 45.6 Å². The average Bonchev–Trinajstić information content (AvgIpc) is 3.98. The maximum absolute atomic E-state index is 14.9. The molecule has 1 spiro atoms. The third kappa shape index (κ3) is 13.1. The lowest BCUT2D eigenvalue weighted by Crippen LogP contribution is -2.63. The van der Waals surface area contributed by atoms with Crippen molar-refractivity contribution in [1.82, 2.24) is 44.9 Å². The molecule has 77 heavy (non-hydrogen) atoms. The molecule has 1 aromatic carbocycles. The Morgan fingerprint density at radius 2 is 1.82 bits per heavy atom. The molecule has 1 unspecified atom stereocenters. The number of benzene rings is 1. The van der Waals surface area contributed by atoms with E-state index in [-0.39, 0.29) is 43.7 Å². The zero-order valence-electron chi connectivity index (χ0n) is 47.2. The van der Waals surface area contributed by atoms with Gasteiger partial charge in [0, 0.05) is 120 Å². The predicted molar refractivity (Wildman–Crippen MR) is 293 cm³/mol. The minimum Gasteiger partial charge on any atom is -0.464 e. The predicted octanol–water partition coefficient (Wildman–Crippen LogP) is 4.99. The van der Waals surface area contributed by atoms with Crippen molar-refractivity contribution in [2.45, 2.75) is 123 Å². The van der Waals surface area contributed by atoms with Crippen molar-refractivity contribution < 1.29 is 47.7 Å². The number of nitrogens with one attached hydrogen (secondary N) is 2. The van der Waals surface area contributed by atoms with Crippen molar-refractivity contribution in [1.29, 1.82) is 0 Å². The van der Waals surface area contributed by atoms with Crippen LogP contribution in [0.15, 0.2) is 48.7 Å². The molecule has 20 heteroatoms. The minimum absolute atomic E-state index is 0.115. The molecule has 2 N–H and O–H groups in total. The molecule has 3 aromatic rings. The fourth-order valence-electron chi connectivity index (χ4n) is 11.8. The standard InChI is InChI=1S/C57H84N10O10/c1-11-66-47-19-18-40-31-43(47)44(51(66)42-15-12-22-58-49(42)39(4)74-10)33-56(5,6)36-76-54(71)45-16-13-24-67(60-45)53(70)46(32-41-34-64(40)28-30-75-41)59-52(69)50(38(2)3)62(8)55(72)63-25-20-57(21-26-63)35-65(37-77-57)48(68)17-14-23-61(7)27-29-73-9/h12,14-15,17-19,22,31,38-39,41,45-46,50,60H,11,13,16,20-21,23-30,32-37H2,1-10H3,(H,59,69)/b17-14+/t39-,41?,45-,46-,50-/m0/s1. The molecule has 20 nitrogen and oxygen atoms in total. The van der Waals surface area contributed by atoms with E-state index in [1.165, 1.54) is 9.91 Å². The first kappa shape index (κ1) is 57.5. The molecule has 0 saturated carbocycles. The fourth-order valence-corrected chi connectivity index (χ4v) is 11.8. The van der Waals surface area contributed by atoms with Crippen molar-refractivity contribution >= 4 is 46.3 Å². The van der Waals surface area contributed by atoms with E-state index in [1.54, 1.807) is 43.3 Å². The second kappa shape index (κ2) is 25.0. The molecule has 5 atom stereocenters. The van der Waals surface area contributed by atoms with Gasteiger partial charge in [0.1, 0.15) is 24.9 Å². The monoisotopic (exact) mass is 1070 g/mol. The number of fused-ring (bicyclic) bond motifs is 6. The van der Waals surface area contributed by atoms with Gasteiger partial charge in [0.2, 0.25) is 11.8 Å². The number of methoxy groups -OCH3 is 2. The van der Waals surface area contributed by atoms with Crippen molar-refractivity contribution in [3.05, 3.63) is 59.9 Å². The molecule has 422 valence electrons. The van der Waals surface area contributed by atoms with Gasteiger partial charge in [-0.1, -0.05) is 33.8 Å². The highest BCUT2D eigenvalue weighted by molar-refractivity contribution is 5.95. The second-order valence-electron chi connectivity index (χ2n) is 22.8. The van der Waals surface area contributed by atoms with Gasteiger partial charge in [0.15, 0.2) is 0 Å². The Labute approximate surface area is 454 Å². The number of nitrogens with zero attached hydrogens (tertiary/aromatic N) is 8. The lowest BCUT2D eigenvalue weighted by Gasteiger charge is -2.41. The highest BCUT2D eigenvalue weighted by Gasteiger charge is 2.46. The van der Waals surface area contributed by atoms with Crippen molar-refractivity contribution in [2.24, 2.45) is 11.3 Å². The van der Waals surface area contributed by atoms with Crippen LogP contribution in [0.5, 0.6) is 0 Å². The van der Waals surface area contributed by atoms with Gasteiger partial charge in [-0.05, 0) is 94.8 Å². The molecule has 0 aliphatic carbocycles. The van der Waals surface area contributed by atoms with E-state index in [9.17, 15) is 24.0 Å². The number of carbonyl (C=O) groups is 5. The highest BCUT2D eigenvalue weighted by atomic mass is 16.5. The Hall–Kier alpha value is -5.64. The number of hydrogen-bond donors (Lipinski definition) is 2. The number of ether oxygens (including phenoxy) is 5. The van der Waals surface area contributed by atoms with Gasteiger partial charge in [0.05, 0.1) is 55.6 Å². The summed E-state index contributed by atoms with van der Waals surface area (Å²) in [6.07, 6.45) is 7.31. The fraction of sp³-hybridized carbons (Fsp3) is 0.649. The number of likely N-dealkylation sites (N-methyl/N-ethyl adjacent to an activating group) is 2. The van der Waals surface area contributed by atoms with Gasteiger partial charge in [0.25, 0.3) is 5.91 Å². The number of hydrazine groups is 1. The SMILES string of the molecule is CCn1c(-c2cccnc2[C@H](C)OC)c2c3cc(ccc31)N1CCOC(C[C@H](NC(=O)[C@H](C(C)C)N(C)C(=O)N3CCC4(CC3)CN(C(=O)/C=C/CN(C)CCOC)CO4)C(=O)N3CCC[C@H](N3)C(=O)OCC(C)(C)C2)C1. The Morgan fingerprint density at radius 1 is 1.04 bits per heavy atom. The Kier molecular flexibility index (Phi) is 18.7. The van der Waals surface area contributed by atoms with Gasteiger partial charge in [-0.3, -0.25) is 29.2 Å². The number of carbonyl (C=O) groups excluding carboxylic acids is 5. The number of amides is 5. The molecular weight excluding hydrogens is 985 g/mol. The topological polar surface area (TPSA) is 193 Å². The van der Waals surface area contributed by atoms with E-state index in [1.807, 2.05) is 40.0 Å². The van der Waals surface area contributed by atoms with Crippen molar-refractivity contribution in [2.75, 3.05) is 112 Å². The molecule has 2 aromatic heterocycles. The molecule has 8 rings (SSSR count). The number of pyridine rings is 1. The van der Waals surface area contributed by atoms with Crippen LogP contribution in [0.2, 0.25) is 0 Å². The van der Waals surface area contributed by atoms with Gasteiger partial charge in [-0.15, -0.1) is 0 Å². The normalized spacial score (nSPS) is 22.9. The summed E-state index contributed by atoms with van der Waals surface area (Å²) in [6, 6.07) is 7.54. The van der Waals surface area contributed by atoms with Crippen LogP contribution in [-0.4, -0.2) is 201 Å². The summed E-state index contributed by atoms with van der Waals surface area (Å²) < 4.78 is 32.2. The summed E-state index contributed by atoms with van der Waals surface area (Å²) in [6.45, 7) is 18.1. The number of rotatable bonds is 14. The number of piperidine rings is 1. The number of likely N-dealkylation sites (tertiary alicyclic amines) is 1. The van der Waals surface area contributed by atoms with Crippen LogP contribution in [0, 0.1) is 11.3 Å². The first-order chi connectivity index (χ1) is 36.9. The van der Waals surface area contributed by atoms with E-state index in [4.69, 9.17) is 28.7 Å². The largest absolute Gasteiger partial charge is 0.464 e. The third-order valence-electron chi connectivity index (χ3n) is 16.2. The number of anilines is 1. The number of morpholine rings is 1. The number of hydrogen-bond acceptors (Lipinski definition) is 14. The first-order valence-corrected chi connectivity index (χ1v) is 27.7. The third-order valence-corrected chi connectivity index (χ3v) is 16.2. The van der Waals surface area contributed by atoms with Gasteiger partial charge >= 0.3 is 12.0 Å². The van der Waals surface area contributed by atoms with Crippen LogP contribution in [0.1, 0.15) is 91.0 Å². The summed E-state index contributed by atoms with van der Waals surface area (Å²) in [4.78, 5) is 85.3. The quantitative estimate of drug-likeness (QED) is 0.162. The molecule has 6 bridgehead atoms. The summed E-state index contributed by atoms with van der Waals surface area (Å²) >= 11 is 0. The van der Waals surface area contributed by atoms with Crippen molar-refractivity contribution in [3.63, 3.8) is 0 Å². The van der Waals surface area contributed by atoms with Gasteiger partial charge < -0.3 is 58.1 Å². The zero-order chi connectivity index (χ0) is 55.2. The van der Waals surface area contributed by atoms with Crippen LogP contribution >= 0.6 is 0 Å². The maximum atomic E-state index is 14.9. The van der Waals surface area contributed by atoms with Crippen LogP contribution in [0.3, 0.4) is 0 Å². The Bertz CT molecular complexity index is 2610. The van der Waals surface area contributed by atoms with Crippen LogP contribution in [0.4, 0.5) is 10.5 Å². The number of urea groups is 1. The lowest BCUT2D eigenvalue weighted by atomic mass is 9.84. The molecular formula is C57H84N10O10. The zero-order valence-corrected chi connectivity index (χ0v) is 47.2. The smallest absolute Gasteiger partial charge is 0.324 e. The summed E-state index contributed by atoms with van der Waals surface area (Å²) in [5.41, 5.74) is 8.19. The van der Waals surface area contributed by atoms with Crippen LogP contribution in [0.25, 0.3) is 22.2 Å². The van der Waals surface area contributed by atoms with Crippen LogP contribution < -0.4 is 15.6 Å². The van der Waals surface area contributed by atoms with E-state index < -0.39 is 53.0 Å².